The molecule has 1 aromatic rings. The molecular formula is C17H30N2. The topological polar surface area (TPSA) is 15.3 Å². The second-order valence-electron chi connectivity index (χ2n) is 5.46. The van der Waals surface area contributed by atoms with Crippen molar-refractivity contribution in [2.24, 2.45) is 0 Å². The molecule has 1 unspecified atom stereocenters. The lowest BCUT2D eigenvalue weighted by Gasteiger charge is -2.20. The van der Waals surface area contributed by atoms with Crippen LogP contribution in [0, 0.1) is 0 Å². The molecule has 1 atom stereocenters. The van der Waals surface area contributed by atoms with E-state index in [4.69, 9.17) is 0 Å². The summed E-state index contributed by atoms with van der Waals surface area (Å²) in [7, 11) is 2.17. The van der Waals surface area contributed by atoms with Crippen molar-refractivity contribution >= 4 is 5.69 Å². The molecule has 2 nitrogen and oxygen atoms in total. The summed E-state index contributed by atoms with van der Waals surface area (Å²) >= 11 is 0. The third-order valence-electron chi connectivity index (χ3n) is 3.60. The molecule has 0 saturated heterocycles. The average molecular weight is 262 g/mol. The highest BCUT2D eigenvalue weighted by atomic mass is 15.1. The van der Waals surface area contributed by atoms with Crippen LogP contribution in [0.5, 0.6) is 0 Å². The summed E-state index contributed by atoms with van der Waals surface area (Å²) in [5, 5.41) is 3.62. The summed E-state index contributed by atoms with van der Waals surface area (Å²) in [4.78, 5) is 2.32. The van der Waals surface area contributed by atoms with E-state index in [1.165, 1.54) is 37.8 Å². The number of para-hydroxylation sites is 1. The molecule has 0 aliphatic heterocycles. The SMILES string of the molecule is CCCCCC(C)NCCCN(C)c1ccccc1. The van der Waals surface area contributed by atoms with Crippen LogP contribution in [0.2, 0.25) is 0 Å². The van der Waals surface area contributed by atoms with E-state index in [0.717, 1.165) is 13.1 Å². The van der Waals surface area contributed by atoms with Crippen LogP contribution in [-0.4, -0.2) is 26.2 Å². The maximum atomic E-state index is 3.62. The minimum atomic E-state index is 0.661. The Bertz CT molecular complexity index is 310. The number of benzene rings is 1. The quantitative estimate of drug-likeness (QED) is 0.639. The van der Waals surface area contributed by atoms with E-state index < -0.39 is 0 Å². The van der Waals surface area contributed by atoms with Crippen LogP contribution in [0.25, 0.3) is 0 Å². The number of hydrogen-bond donors (Lipinski definition) is 1. The number of anilines is 1. The number of nitrogens with one attached hydrogen (secondary N) is 1. The summed E-state index contributed by atoms with van der Waals surface area (Å²) in [5.74, 6) is 0. The minimum Gasteiger partial charge on any atom is -0.375 e. The van der Waals surface area contributed by atoms with E-state index in [1.807, 2.05) is 0 Å². The molecule has 0 spiro atoms. The zero-order chi connectivity index (χ0) is 13.9. The highest BCUT2D eigenvalue weighted by Gasteiger charge is 2.02. The smallest absolute Gasteiger partial charge is 0.0363 e. The largest absolute Gasteiger partial charge is 0.375 e. The summed E-state index contributed by atoms with van der Waals surface area (Å²) in [6.45, 7) is 6.79. The Morgan fingerprint density at radius 3 is 2.53 bits per heavy atom. The van der Waals surface area contributed by atoms with Crippen molar-refractivity contribution in [3.8, 4) is 0 Å². The van der Waals surface area contributed by atoms with Gasteiger partial charge in [-0.2, -0.15) is 0 Å². The fourth-order valence-electron chi connectivity index (χ4n) is 2.28. The van der Waals surface area contributed by atoms with Gasteiger partial charge in [-0.05, 0) is 38.4 Å². The van der Waals surface area contributed by atoms with Crippen molar-refractivity contribution in [3.63, 3.8) is 0 Å². The second kappa shape index (κ2) is 9.85. The monoisotopic (exact) mass is 262 g/mol. The molecule has 0 heterocycles. The highest BCUT2D eigenvalue weighted by Crippen LogP contribution is 2.10. The third-order valence-corrected chi connectivity index (χ3v) is 3.60. The van der Waals surface area contributed by atoms with Crippen LogP contribution in [0.3, 0.4) is 0 Å². The molecule has 0 aromatic heterocycles. The van der Waals surface area contributed by atoms with E-state index in [-0.39, 0.29) is 0 Å². The van der Waals surface area contributed by atoms with Gasteiger partial charge in [-0.3, -0.25) is 0 Å². The van der Waals surface area contributed by atoms with Crippen LogP contribution in [-0.2, 0) is 0 Å². The molecule has 108 valence electrons. The maximum absolute atomic E-state index is 3.62. The molecular weight excluding hydrogens is 232 g/mol. The highest BCUT2D eigenvalue weighted by molar-refractivity contribution is 5.44. The van der Waals surface area contributed by atoms with Gasteiger partial charge in [0.1, 0.15) is 0 Å². The number of hydrogen-bond acceptors (Lipinski definition) is 2. The van der Waals surface area contributed by atoms with Crippen LogP contribution >= 0.6 is 0 Å². The molecule has 2 heteroatoms. The van der Waals surface area contributed by atoms with Crippen molar-refractivity contribution < 1.29 is 0 Å². The molecule has 0 aliphatic carbocycles. The Morgan fingerprint density at radius 1 is 1.11 bits per heavy atom. The van der Waals surface area contributed by atoms with Gasteiger partial charge in [0.05, 0.1) is 0 Å². The first-order valence-corrected chi connectivity index (χ1v) is 7.73. The van der Waals surface area contributed by atoms with Gasteiger partial charge in [-0.25, -0.2) is 0 Å². The summed E-state index contributed by atoms with van der Waals surface area (Å²) in [5.41, 5.74) is 1.30. The first-order valence-electron chi connectivity index (χ1n) is 7.73. The van der Waals surface area contributed by atoms with E-state index in [9.17, 15) is 0 Å². The molecule has 0 radical (unpaired) electrons. The van der Waals surface area contributed by atoms with Crippen molar-refractivity contribution in [1.29, 1.82) is 0 Å². The molecule has 1 rings (SSSR count). The van der Waals surface area contributed by atoms with Crippen molar-refractivity contribution in [3.05, 3.63) is 30.3 Å². The molecule has 0 fully saturated rings. The summed E-state index contributed by atoms with van der Waals surface area (Å²) in [6, 6.07) is 11.3. The third kappa shape index (κ3) is 7.22. The zero-order valence-electron chi connectivity index (χ0n) is 12.9. The Kier molecular flexibility index (Phi) is 8.31. The van der Waals surface area contributed by atoms with Gasteiger partial charge in [-0.1, -0.05) is 44.4 Å². The second-order valence-corrected chi connectivity index (χ2v) is 5.46. The fourth-order valence-corrected chi connectivity index (χ4v) is 2.28. The minimum absolute atomic E-state index is 0.661. The van der Waals surface area contributed by atoms with Crippen LogP contribution in [0.1, 0.15) is 46.0 Å². The molecule has 0 saturated carbocycles. The summed E-state index contributed by atoms with van der Waals surface area (Å²) in [6.07, 6.45) is 6.54. The number of nitrogens with zero attached hydrogens (tertiary/aromatic N) is 1. The van der Waals surface area contributed by atoms with Crippen molar-refractivity contribution in [1.82, 2.24) is 5.32 Å². The lowest BCUT2D eigenvalue weighted by molar-refractivity contribution is 0.483. The summed E-state index contributed by atoms with van der Waals surface area (Å²) < 4.78 is 0. The first kappa shape index (κ1) is 16.0. The van der Waals surface area contributed by atoms with E-state index in [2.05, 4.69) is 61.4 Å². The van der Waals surface area contributed by atoms with Crippen LogP contribution < -0.4 is 10.2 Å². The fraction of sp³-hybridized carbons (Fsp3) is 0.647. The Labute approximate surface area is 119 Å². The van der Waals surface area contributed by atoms with E-state index in [0.29, 0.717) is 6.04 Å². The van der Waals surface area contributed by atoms with Gasteiger partial charge in [0.15, 0.2) is 0 Å². The van der Waals surface area contributed by atoms with Gasteiger partial charge < -0.3 is 10.2 Å². The molecule has 0 bridgehead atoms. The Hall–Kier alpha value is -1.02. The Morgan fingerprint density at radius 2 is 1.84 bits per heavy atom. The zero-order valence-corrected chi connectivity index (χ0v) is 12.9. The number of unbranched alkanes of at least 4 members (excludes halogenated alkanes) is 2. The standard InChI is InChI=1S/C17H30N2/c1-4-5-7-11-16(2)18-14-10-15-19(3)17-12-8-6-9-13-17/h6,8-9,12-13,16,18H,4-5,7,10-11,14-15H2,1-3H3. The molecule has 0 amide bonds. The molecule has 1 aromatic carbocycles. The lowest BCUT2D eigenvalue weighted by atomic mass is 10.1. The van der Waals surface area contributed by atoms with Gasteiger partial charge in [0.25, 0.3) is 0 Å². The molecule has 19 heavy (non-hydrogen) atoms. The first-order chi connectivity index (χ1) is 9.24. The predicted octanol–water partition coefficient (Wildman–Crippen LogP) is 4.07. The molecule has 1 N–H and O–H groups in total. The van der Waals surface area contributed by atoms with E-state index >= 15 is 0 Å². The lowest BCUT2D eigenvalue weighted by Crippen LogP contribution is -2.29. The van der Waals surface area contributed by atoms with Gasteiger partial charge in [0, 0.05) is 25.3 Å². The molecule has 0 aliphatic rings. The maximum Gasteiger partial charge on any atom is 0.0363 e. The van der Waals surface area contributed by atoms with Crippen LogP contribution in [0.4, 0.5) is 5.69 Å². The van der Waals surface area contributed by atoms with Gasteiger partial charge in [0.2, 0.25) is 0 Å². The normalized spacial score (nSPS) is 12.4. The number of rotatable bonds is 10. The van der Waals surface area contributed by atoms with Gasteiger partial charge in [-0.15, -0.1) is 0 Å². The average Bonchev–Trinajstić information content (AvgIpc) is 2.44. The van der Waals surface area contributed by atoms with Crippen LogP contribution in [0.15, 0.2) is 30.3 Å². The van der Waals surface area contributed by atoms with Gasteiger partial charge >= 0.3 is 0 Å². The van der Waals surface area contributed by atoms with E-state index in [1.54, 1.807) is 0 Å². The predicted molar refractivity (Wildman–Crippen MR) is 85.9 cm³/mol. The Balaban J connectivity index is 2.07. The van der Waals surface area contributed by atoms with Crippen molar-refractivity contribution in [2.75, 3.05) is 25.0 Å². The van der Waals surface area contributed by atoms with Crippen molar-refractivity contribution in [2.45, 2.75) is 52.0 Å².